The standard InChI is InChI=1S/C32H29N3O2/c1-22-12-8-10-18-27(22)34-31(36)29(20-25-21-33-28-19-11-9-17-26(25)28)35-32(37)30(23-13-4-2-5-14-23)24-15-6-3-7-16-24/h2-19,21,29-30,33H,20H2,1H3,(H,34,36)(H,35,37)/t29-/m0/s1. The Labute approximate surface area is 216 Å². The molecule has 0 saturated heterocycles. The van der Waals surface area contributed by atoms with Crippen molar-refractivity contribution in [2.24, 2.45) is 0 Å². The monoisotopic (exact) mass is 487 g/mol. The van der Waals surface area contributed by atoms with Gasteiger partial charge in [0.05, 0.1) is 5.92 Å². The minimum absolute atomic E-state index is 0.220. The van der Waals surface area contributed by atoms with Crippen LogP contribution in [0.15, 0.2) is 115 Å². The van der Waals surface area contributed by atoms with Gasteiger partial charge in [0, 0.05) is 29.2 Å². The fourth-order valence-electron chi connectivity index (χ4n) is 4.70. The van der Waals surface area contributed by atoms with E-state index < -0.39 is 12.0 Å². The molecule has 5 rings (SSSR count). The zero-order valence-electron chi connectivity index (χ0n) is 20.6. The first kappa shape index (κ1) is 24.1. The molecule has 0 aliphatic heterocycles. The molecule has 37 heavy (non-hydrogen) atoms. The quantitative estimate of drug-likeness (QED) is 0.252. The predicted molar refractivity (Wildman–Crippen MR) is 148 cm³/mol. The molecule has 4 aromatic carbocycles. The van der Waals surface area contributed by atoms with Crippen LogP contribution in [0.3, 0.4) is 0 Å². The van der Waals surface area contributed by atoms with E-state index >= 15 is 0 Å². The van der Waals surface area contributed by atoms with Crippen molar-refractivity contribution in [3.05, 3.63) is 138 Å². The maximum absolute atomic E-state index is 13.9. The number of aromatic nitrogens is 1. The van der Waals surface area contributed by atoms with Gasteiger partial charge in [-0.15, -0.1) is 0 Å². The van der Waals surface area contributed by atoms with Crippen molar-refractivity contribution >= 4 is 28.4 Å². The van der Waals surface area contributed by atoms with Crippen LogP contribution in [0, 0.1) is 6.92 Å². The second kappa shape index (κ2) is 11.0. The van der Waals surface area contributed by atoms with Crippen molar-refractivity contribution < 1.29 is 9.59 Å². The largest absolute Gasteiger partial charge is 0.361 e. The molecule has 1 aromatic heterocycles. The number of carbonyl (C=O) groups excluding carboxylic acids is 2. The highest BCUT2D eigenvalue weighted by Crippen LogP contribution is 2.26. The summed E-state index contributed by atoms with van der Waals surface area (Å²) in [6.45, 7) is 1.95. The molecule has 1 atom stereocenters. The summed E-state index contributed by atoms with van der Waals surface area (Å²) < 4.78 is 0. The van der Waals surface area contributed by atoms with Gasteiger partial charge in [-0.1, -0.05) is 97.1 Å². The molecule has 0 aliphatic carbocycles. The van der Waals surface area contributed by atoms with Gasteiger partial charge in [-0.2, -0.15) is 0 Å². The molecule has 0 radical (unpaired) electrons. The Bertz CT molecular complexity index is 1470. The van der Waals surface area contributed by atoms with Gasteiger partial charge in [-0.25, -0.2) is 0 Å². The molecule has 5 nitrogen and oxygen atoms in total. The topological polar surface area (TPSA) is 74.0 Å². The third-order valence-corrected chi connectivity index (χ3v) is 6.66. The van der Waals surface area contributed by atoms with Crippen molar-refractivity contribution in [3.63, 3.8) is 0 Å². The normalized spacial score (nSPS) is 11.8. The molecule has 0 fully saturated rings. The maximum Gasteiger partial charge on any atom is 0.247 e. The highest BCUT2D eigenvalue weighted by molar-refractivity contribution is 5.99. The Morgan fingerprint density at radius 1 is 0.730 bits per heavy atom. The van der Waals surface area contributed by atoms with Gasteiger partial charge < -0.3 is 15.6 Å². The van der Waals surface area contributed by atoms with E-state index in [1.54, 1.807) is 0 Å². The van der Waals surface area contributed by atoms with E-state index in [1.165, 1.54) is 0 Å². The zero-order chi connectivity index (χ0) is 25.6. The molecule has 5 heteroatoms. The van der Waals surface area contributed by atoms with E-state index in [0.717, 1.165) is 38.8 Å². The molecule has 184 valence electrons. The number of amides is 2. The van der Waals surface area contributed by atoms with Crippen LogP contribution >= 0.6 is 0 Å². The van der Waals surface area contributed by atoms with Crippen LogP contribution in [0.5, 0.6) is 0 Å². The third kappa shape index (κ3) is 5.46. The lowest BCUT2D eigenvalue weighted by atomic mass is 9.90. The molecule has 0 aliphatic rings. The fourth-order valence-corrected chi connectivity index (χ4v) is 4.70. The highest BCUT2D eigenvalue weighted by atomic mass is 16.2. The van der Waals surface area contributed by atoms with Gasteiger partial charge in [0.1, 0.15) is 6.04 Å². The first-order valence-electron chi connectivity index (χ1n) is 12.4. The van der Waals surface area contributed by atoms with Gasteiger partial charge in [0.25, 0.3) is 0 Å². The number of aryl methyl sites for hydroxylation is 1. The number of H-pyrrole nitrogens is 1. The van der Waals surface area contributed by atoms with Gasteiger partial charge in [0.2, 0.25) is 11.8 Å². The molecule has 3 N–H and O–H groups in total. The third-order valence-electron chi connectivity index (χ3n) is 6.66. The van der Waals surface area contributed by atoms with E-state index in [4.69, 9.17) is 0 Å². The van der Waals surface area contributed by atoms with Crippen LogP contribution in [0.25, 0.3) is 10.9 Å². The van der Waals surface area contributed by atoms with Crippen LogP contribution in [0.4, 0.5) is 5.69 Å². The Hall–Kier alpha value is -4.64. The van der Waals surface area contributed by atoms with Gasteiger partial charge in [-0.05, 0) is 41.3 Å². The van der Waals surface area contributed by atoms with Crippen LogP contribution in [-0.2, 0) is 16.0 Å². The Morgan fingerprint density at radius 2 is 1.32 bits per heavy atom. The maximum atomic E-state index is 13.9. The van der Waals surface area contributed by atoms with Gasteiger partial charge in [0.15, 0.2) is 0 Å². The summed E-state index contributed by atoms with van der Waals surface area (Å²) in [7, 11) is 0. The number of rotatable bonds is 8. The van der Waals surface area contributed by atoms with E-state index in [2.05, 4.69) is 15.6 Å². The number of nitrogens with one attached hydrogen (secondary N) is 3. The van der Waals surface area contributed by atoms with E-state index in [-0.39, 0.29) is 11.8 Å². The second-order valence-electron chi connectivity index (χ2n) is 9.18. The molecular weight excluding hydrogens is 458 g/mol. The van der Waals surface area contributed by atoms with E-state index in [0.29, 0.717) is 6.42 Å². The van der Waals surface area contributed by atoms with Gasteiger partial charge in [-0.3, -0.25) is 9.59 Å². The number of carbonyl (C=O) groups is 2. The summed E-state index contributed by atoms with van der Waals surface area (Å²) in [5.74, 6) is -1.02. The minimum atomic E-state index is -0.777. The summed E-state index contributed by atoms with van der Waals surface area (Å²) in [6.07, 6.45) is 2.26. The fraction of sp³-hybridized carbons (Fsp3) is 0.125. The zero-order valence-corrected chi connectivity index (χ0v) is 20.6. The Kier molecular flexibility index (Phi) is 7.13. The molecule has 0 spiro atoms. The smallest absolute Gasteiger partial charge is 0.247 e. The highest BCUT2D eigenvalue weighted by Gasteiger charge is 2.29. The number of para-hydroxylation sites is 2. The summed E-state index contributed by atoms with van der Waals surface area (Å²) >= 11 is 0. The number of fused-ring (bicyclic) bond motifs is 1. The van der Waals surface area contributed by atoms with Crippen LogP contribution in [0.1, 0.15) is 28.2 Å². The molecular formula is C32H29N3O2. The Balaban J connectivity index is 1.48. The number of hydrogen-bond acceptors (Lipinski definition) is 2. The van der Waals surface area contributed by atoms with Crippen molar-refractivity contribution in [3.8, 4) is 0 Å². The molecule has 0 saturated carbocycles. The molecule has 0 unspecified atom stereocenters. The van der Waals surface area contributed by atoms with E-state index in [9.17, 15) is 9.59 Å². The molecule has 2 amide bonds. The molecule has 5 aromatic rings. The minimum Gasteiger partial charge on any atom is -0.361 e. The first-order chi connectivity index (χ1) is 18.1. The first-order valence-corrected chi connectivity index (χ1v) is 12.4. The van der Waals surface area contributed by atoms with Crippen LogP contribution < -0.4 is 10.6 Å². The summed E-state index contributed by atoms with van der Waals surface area (Å²) in [4.78, 5) is 30.8. The summed E-state index contributed by atoms with van der Waals surface area (Å²) in [5, 5.41) is 7.16. The number of hydrogen-bond donors (Lipinski definition) is 3. The lowest BCUT2D eigenvalue weighted by molar-refractivity contribution is -0.126. The average molecular weight is 488 g/mol. The van der Waals surface area contributed by atoms with Crippen LogP contribution in [-0.4, -0.2) is 22.8 Å². The number of aromatic amines is 1. The van der Waals surface area contributed by atoms with Gasteiger partial charge >= 0.3 is 0 Å². The summed E-state index contributed by atoms with van der Waals surface area (Å²) in [6, 6.07) is 34.2. The van der Waals surface area contributed by atoms with Crippen molar-refractivity contribution in [1.29, 1.82) is 0 Å². The number of anilines is 1. The summed E-state index contributed by atoms with van der Waals surface area (Å²) in [5.41, 5.74) is 5.39. The lowest BCUT2D eigenvalue weighted by Crippen LogP contribution is -2.47. The van der Waals surface area contributed by atoms with E-state index in [1.807, 2.05) is 122 Å². The average Bonchev–Trinajstić information content (AvgIpc) is 3.34. The lowest BCUT2D eigenvalue weighted by Gasteiger charge is -2.23. The van der Waals surface area contributed by atoms with Crippen LogP contribution in [0.2, 0.25) is 0 Å². The van der Waals surface area contributed by atoms with Crippen molar-refractivity contribution in [2.45, 2.75) is 25.3 Å². The second-order valence-corrected chi connectivity index (χ2v) is 9.18. The molecule has 1 heterocycles. The number of benzene rings is 4. The van der Waals surface area contributed by atoms with Crippen molar-refractivity contribution in [2.75, 3.05) is 5.32 Å². The van der Waals surface area contributed by atoms with Crippen molar-refractivity contribution in [1.82, 2.24) is 10.3 Å². The molecule has 0 bridgehead atoms. The SMILES string of the molecule is Cc1ccccc1NC(=O)[C@H](Cc1c[nH]c2ccccc12)NC(=O)C(c1ccccc1)c1ccccc1. The Morgan fingerprint density at radius 3 is 2.00 bits per heavy atom. The predicted octanol–water partition coefficient (Wildman–Crippen LogP) is 5.97.